The van der Waals surface area contributed by atoms with Gasteiger partial charge in [-0.05, 0) is 35.4 Å². The lowest BCUT2D eigenvalue weighted by Gasteiger charge is -2.07. The first kappa shape index (κ1) is 13.5. The van der Waals surface area contributed by atoms with Gasteiger partial charge >= 0.3 is 0 Å². The van der Waals surface area contributed by atoms with Gasteiger partial charge in [-0.15, -0.1) is 0 Å². The quantitative estimate of drug-likeness (QED) is 0.689. The second kappa shape index (κ2) is 5.89. The van der Waals surface area contributed by atoms with Gasteiger partial charge in [0.2, 0.25) is 0 Å². The molecule has 0 radical (unpaired) electrons. The highest BCUT2D eigenvalue weighted by Gasteiger charge is 2.00. The molecular formula is C16H14ClN3O. The highest BCUT2D eigenvalue weighted by molar-refractivity contribution is 6.30. The van der Waals surface area contributed by atoms with Gasteiger partial charge in [0.1, 0.15) is 0 Å². The van der Waals surface area contributed by atoms with Crippen LogP contribution in [0.15, 0.2) is 59.4 Å². The van der Waals surface area contributed by atoms with Gasteiger partial charge in [-0.1, -0.05) is 35.9 Å². The number of halogens is 1. The molecule has 3 aromatic rings. The minimum Gasteiger partial charge on any atom is -0.381 e. The molecule has 4 nitrogen and oxygen atoms in total. The first-order valence-corrected chi connectivity index (χ1v) is 6.95. The van der Waals surface area contributed by atoms with Crippen LogP contribution in [-0.2, 0) is 6.54 Å². The van der Waals surface area contributed by atoms with Crippen LogP contribution < -0.4 is 10.9 Å². The number of hydrogen-bond donors (Lipinski definition) is 3. The minimum atomic E-state index is -0.130. The molecule has 0 unspecified atom stereocenters. The van der Waals surface area contributed by atoms with Crippen LogP contribution in [0.3, 0.4) is 0 Å². The van der Waals surface area contributed by atoms with Crippen molar-refractivity contribution in [2.45, 2.75) is 6.54 Å². The van der Waals surface area contributed by atoms with Gasteiger partial charge < -0.3 is 5.32 Å². The van der Waals surface area contributed by atoms with Crippen molar-refractivity contribution in [2.24, 2.45) is 0 Å². The van der Waals surface area contributed by atoms with E-state index in [1.165, 1.54) is 11.6 Å². The smallest absolute Gasteiger partial charge is 0.264 e. The van der Waals surface area contributed by atoms with Crippen molar-refractivity contribution in [1.29, 1.82) is 0 Å². The summed E-state index contributed by atoms with van der Waals surface area (Å²) in [5, 5.41) is 9.44. The lowest BCUT2D eigenvalue weighted by Crippen LogP contribution is -1.98. The molecule has 1 aromatic heterocycles. The first-order chi connectivity index (χ1) is 10.2. The molecule has 0 aliphatic carbocycles. The Morgan fingerprint density at radius 1 is 0.952 bits per heavy atom. The standard InChI is InChI=1S/C16H14ClN3O/c17-13-5-1-11(2-6-13)10-18-14-7-3-12(4-8-14)15-9-16(21)20-19-15/h1-9,18H,10H2,(H2,19,20,21). The molecule has 0 atom stereocenters. The molecule has 0 bridgehead atoms. The molecule has 0 spiro atoms. The second-order valence-corrected chi connectivity index (χ2v) is 5.17. The van der Waals surface area contributed by atoms with E-state index in [4.69, 9.17) is 11.6 Å². The molecule has 106 valence electrons. The molecule has 0 aliphatic heterocycles. The highest BCUT2D eigenvalue weighted by atomic mass is 35.5. The summed E-state index contributed by atoms with van der Waals surface area (Å²) in [6.07, 6.45) is 0. The fraction of sp³-hybridized carbons (Fsp3) is 0.0625. The van der Waals surface area contributed by atoms with E-state index in [0.717, 1.165) is 28.5 Å². The summed E-state index contributed by atoms with van der Waals surface area (Å²) < 4.78 is 0. The average molecular weight is 300 g/mol. The van der Waals surface area contributed by atoms with Crippen molar-refractivity contribution in [3.05, 3.63) is 75.5 Å². The van der Waals surface area contributed by atoms with E-state index >= 15 is 0 Å². The van der Waals surface area contributed by atoms with Crippen LogP contribution in [0.2, 0.25) is 5.02 Å². The van der Waals surface area contributed by atoms with Crippen LogP contribution >= 0.6 is 11.6 Å². The third-order valence-corrected chi connectivity index (χ3v) is 3.45. The van der Waals surface area contributed by atoms with Crippen LogP contribution in [0, 0.1) is 0 Å². The van der Waals surface area contributed by atoms with Gasteiger partial charge in [0.25, 0.3) is 5.56 Å². The van der Waals surface area contributed by atoms with Crippen LogP contribution in [0.4, 0.5) is 5.69 Å². The number of H-pyrrole nitrogens is 2. The summed E-state index contributed by atoms with van der Waals surface area (Å²) in [6.45, 7) is 0.734. The summed E-state index contributed by atoms with van der Waals surface area (Å²) in [5.41, 5.74) is 3.80. The van der Waals surface area contributed by atoms with E-state index in [0.29, 0.717) is 0 Å². The number of hydrogen-bond acceptors (Lipinski definition) is 2. The third-order valence-electron chi connectivity index (χ3n) is 3.20. The zero-order valence-corrected chi connectivity index (χ0v) is 11.9. The van der Waals surface area contributed by atoms with Crippen molar-refractivity contribution in [1.82, 2.24) is 10.2 Å². The maximum atomic E-state index is 11.1. The van der Waals surface area contributed by atoms with Gasteiger partial charge in [0.05, 0.1) is 5.69 Å². The normalized spacial score (nSPS) is 10.5. The zero-order valence-electron chi connectivity index (χ0n) is 11.2. The number of benzene rings is 2. The lowest BCUT2D eigenvalue weighted by molar-refractivity contribution is 1.06. The van der Waals surface area contributed by atoms with Crippen molar-refractivity contribution in [3.8, 4) is 11.3 Å². The Bertz CT molecular complexity index is 772. The van der Waals surface area contributed by atoms with E-state index in [-0.39, 0.29) is 5.56 Å². The molecule has 0 saturated heterocycles. The molecule has 0 saturated carbocycles. The molecule has 2 aromatic carbocycles. The minimum absolute atomic E-state index is 0.130. The van der Waals surface area contributed by atoms with Gasteiger partial charge in [-0.2, -0.15) is 0 Å². The van der Waals surface area contributed by atoms with Crippen LogP contribution in [0.1, 0.15) is 5.56 Å². The monoisotopic (exact) mass is 299 g/mol. The molecule has 1 heterocycles. The molecule has 0 aliphatic rings. The fourth-order valence-electron chi connectivity index (χ4n) is 2.06. The SMILES string of the molecule is O=c1cc(-c2ccc(NCc3ccc(Cl)cc3)cc2)[nH][nH]1. The summed E-state index contributed by atoms with van der Waals surface area (Å²) in [6, 6.07) is 17.2. The summed E-state index contributed by atoms with van der Waals surface area (Å²) in [7, 11) is 0. The molecule has 0 fully saturated rings. The van der Waals surface area contributed by atoms with Gasteiger partial charge in [-0.25, -0.2) is 0 Å². The number of aromatic amines is 2. The number of anilines is 1. The molecule has 5 heteroatoms. The Hall–Kier alpha value is -2.46. The Morgan fingerprint density at radius 2 is 1.67 bits per heavy atom. The molecular weight excluding hydrogens is 286 g/mol. The molecule has 3 N–H and O–H groups in total. The maximum Gasteiger partial charge on any atom is 0.264 e. The molecule has 0 amide bonds. The third kappa shape index (κ3) is 3.35. The van der Waals surface area contributed by atoms with E-state index in [1.807, 2.05) is 48.5 Å². The summed E-state index contributed by atoms with van der Waals surface area (Å²) >= 11 is 5.86. The number of nitrogens with one attached hydrogen (secondary N) is 3. The first-order valence-electron chi connectivity index (χ1n) is 6.57. The maximum absolute atomic E-state index is 11.1. The highest BCUT2D eigenvalue weighted by Crippen LogP contribution is 2.18. The summed E-state index contributed by atoms with van der Waals surface area (Å²) in [5.74, 6) is 0. The van der Waals surface area contributed by atoms with E-state index in [9.17, 15) is 4.79 Å². The van der Waals surface area contributed by atoms with Crippen molar-refractivity contribution >= 4 is 17.3 Å². The van der Waals surface area contributed by atoms with Crippen LogP contribution in [0.25, 0.3) is 11.3 Å². The summed E-state index contributed by atoms with van der Waals surface area (Å²) in [4.78, 5) is 11.1. The van der Waals surface area contributed by atoms with Crippen LogP contribution in [0.5, 0.6) is 0 Å². The molecule has 21 heavy (non-hydrogen) atoms. The Labute approximate surface area is 126 Å². The Morgan fingerprint density at radius 3 is 2.29 bits per heavy atom. The number of rotatable bonds is 4. The topological polar surface area (TPSA) is 60.7 Å². The predicted molar refractivity (Wildman–Crippen MR) is 85.6 cm³/mol. The van der Waals surface area contributed by atoms with Gasteiger partial charge in [-0.3, -0.25) is 15.0 Å². The molecule has 3 rings (SSSR count). The number of aromatic nitrogens is 2. The Kier molecular flexibility index (Phi) is 3.79. The van der Waals surface area contributed by atoms with Gasteiger partial charge in [0, 0.05) is 23.3 Å². The van der Waals surface area contributed by atoms with E-state index in [2.05, 4.69) is 15.5 Å². The Balaban J connectivity index is 1.67. The second-order valence-electron chi connectivity index (χ2n) is 4.73. The van der Waals surface area contributed by atoms with Crippen molar-refractivity contribution in [2.75, 3.05) is 5.32 Å². The average Bonchev–Trinajstić information content (AvgIpc) is 2.94. The van der Waals surface area contributed by atoms with Crippen molar-refractivity contribution in [3.63, 3.8) is 0 Å². The lowest BCUT2D eigenvalue weighted by atomic mass is 10.1. The van der Waals surface area contributed by atoms with E-state index < -0.39 is 0 Å². The van der Waals surface area contributed by atoms with E-state index in [1.54, 1.807) is 0 Å². The largest absolute Gasteiger partial charge is 0.381 e. The predicted octanol–water partition coefficient (Wildman–Crippen LogP) is 3.64. The van der Waals surface area contributed by atoms with Crippen molar-refractivity contribution < 1.29 is 0 Å². The van der Waals surface area contributed by atoms with Crippen LogP contribution in [-0.4, -0.2) is 10.2 Å². The fourth-order valence-corrected chi connectivity index (χ4v) is 2.19. The zero-order chi connectivity index (χ0) is 14.7. The van der Waals surface area contributed by atoms with Gasteiger partial charge in [0.15, 0.2) is 0 Å².